The van der Waals surface area contributed by atoms with Crippen molar-refractivity contribution in [2.24, 2.45) is 5.41 Å². The molecule has 1 aliphatic heterocycles. The second-order valence-corrected chi connectivity index (χ2v) is 10.5. The predicted molar refractivity (Wildman–Crippen MR) is 134 cm³/mol. The fourth-order valence-electron chi connectivity index (χ4n) is 4.88. The maximum absolute atomic E-state index is 15.4. The smallest absolute Gasteiger partial charge is 0.309 e. The largest absolute Gasteiger partial charge is 0.497 e. The Hall–Kier alpha value is -2.92. The number of pyridine rings is 1. The molecule has 1 aliphatic rings. The van der Waals surface area contributed by atoms with Crippen LogP contribution in [0.4, 0.5) is 22.0 Å². The molecule has 0 amide bonds. The number of benzene rings is 2. The first kappa shape index (κ1) is 28.1. The summed E-state index contributed by atoms with van der Waals surface area (Å²) in [4.78, 5) is 18.0. The van der Waals surface area contributed by atoms with Gasteiger partial charge in [0.05, 0.1) is 29.1 Å². The number of hydrogen-bond donors (Lipinski definition) is 1. The van der Waals surface area contributed by atoms with Crippen LogP contribution < -0.4 is 4.74 Å². The summed E-state index contributed by atoms with van der Waals surface area (Å²) in [7, 11) is 1.45. The molecule has 0 unspecified atom stereocenters. The van der Waals surface area contributed by atoms with Gasteiger partial charge in [0.1, 0.15) is 35.2 Å². The first-order valence-electron chi connectivity index (χ1n) is 12.1. The summed E-state index contributed by atoms with van der Waals surface area (Å²) in [6, 6.07) is 6.02. The predicted octanol–water partition coefficient (Wildman–Crippen LogP) is 6.55. The van der Waals surface area contributed by atoms with Gasteiger partial charge in [-0.2, -0.15) is 0 Å². The quantitative estimate of drug-likeness (QED) is 0.227. The molecule has 1 atom stereocenters. The highest BCUT2D eigenvalue weighted by molar-refractivity contribution is 7.99. The molecule has 0 saturated carbocycles. The maximum atomic E-state index is 15.4. The number of carbonyl (C=O) groups is 1. The number of aliphatic carboxylic acids is 1. The molecular weight excluding hydrogens is 527 g/mol. The lowest BCUT2D eigenvalue weighted by molar-refractivity contribution is -0.153. The molecule has 0 spiro atoms. The minimum absolute atomic E-state index is 0.0192. The molecule has 0 radical (unpaired) electrons. The standard InChI is InChI=1S/C27H27F5N2O3S/c1-37-17-2-3-23-18(14-17)24(22(32)15-33-23)19(29)4-5-27(26(35)36)6-8-34(9-7-27)10-11-38-25-20(30)12-16(28)13-21(25)31/h2-3,12-15,19H,4-11H2,1H3,(H,35,36)/t19-/m0/s1. The van der Waals surface area contributed by atoms with Crippen molar-refractivity contribution < 1.29 is 36.6 Å². The summed E-state index contributed by atoms with van der Waals surface area (Å²) in [6.07, 6.45) is -0.425. The van der Waals surface area contributed by atoms with E-state index >= 15 is 4.39 Å². The minimum atomic E-state index is -1.74. The topological polar surface area (TPSA) is 62.7 Å². The van der Waals surface area contributed by atoms with Crippen molar-refractivity contribution in [3.8, 4) is 5.75 Å². The van der Waals surface area contributed by atoms with Crippen LogP contribution in [0.15, 0.2) is 41.4 Å². The summed E-state index contributed by atoms with van der Waals surface area (Å²) >= 11 is 0.925. The molecule has 4 rings (SSSR count). The SMILES string of the molecule is COc1ccc2ncc(F)c([C@@H](F)CCC3(C(=O)O)CCN(CCSc4c(F)cc(F)cc4F)CC3)c2c1. The number of aromatic nitrogens is 1. The third kappa shape index (κ3) is 6.04. The molecule has 1 fully saturated rings. The van der Waals surface area contributed by atoms with Gasteiger partial charge in [0.2, 0.25) is 0 Å². The number of thioether (sulfide) groups is 1. The summed E-state index contributed by atoms with van der Waals surface area (Å²) in [5.41, 5.74) is -0.922. The van der Waals surface area contributed by atoms with Gasteiger partial charge in [-0.15, -0.1) is 11.8 Å². The van der Waals surface area contributed by atoms with Crippen molar-refractivity contribution in [2.45, 2.75) is 36.8 Å². The Morgan fingerprint density at radius 3 is 2.45 bits per heavy atom. The lowest BCUT2D eigenvalue weighted by Gasteiger charge is -2.39. The van der Waals surface area contributed by atoms with Crippen LogP contribution in [0.3, 0.4) is 0 Å². The number of nitrogens with zero attached hydrogens (tertiary/aromatic N) is 2. The Morgan fingerprint density at radius 1 is 1.13 bits per heavy atom. The minimum Gasteiger partial charge on any atom is -0.497 e. The zero-order chi connectivity index (χ0) is 27.4. The van der Waals surface area contributed by atoms with E-state index in [1.807, 2.05) is 4.90 Å². The van der Waals surface area contributed by atoms with Gasteiger partial charge in [0.15, 0.2) is 0 Å². The third-order valence-electron chi connectivity index (χ3n) is 7.14. The van der Waals surface area contributed by atoms with Crippen LogP contribution in [0.5, 0.6) is 5.75 Å². The van der Waals surface area contributed by atoms with Crippen LogP contribution in [0, 0.1) is 28.7 Å². The number of halogens is 5. The molecule has 38 heavy (non-hydrogen) atoms. The fourth-order valence-corrected chi connectivity index (χ4v) is 5.83. The van der Waals surface area contributed by atoms with E-state index in [9.17, 15) is 27.5 Å². The molecule has 204 valence electrons. The monoisotopic (exact) mass is 554 g/mol. The van der Waals surface area contributed by atoms with E-state index in [0.717, 1.165) is 18.0 Å². The molecule has 2 heterocycles. The molecule has 11 heteroatoms. The Bertz CT molecular complexity index is 1290. The third-order valence-corrected chi connectivity index (χ3v) is 8.21. The Labute approximate surface area is 221 Å². The first-order valence-corrected chi connectivity index (χ1v) is 13.1. The molecule has 5 nitrogen and oxygen atoms in total. The normalized spacial score (nSPS) is 16.5. The molecule has 3 aromatic rings. The number of ether oxygens (including phenoxy) is 1. The van der Waals surface area contributed by atoms with Gasteiger partial charge in [-0.05, 0) is 57.0 Å². The molecule has 0 bridgehead atoms. The highest BCUT2D eigenvalue weighted by Crippen LogP contribution is 2.41. The summed E-state index contributed by atoms with van der Waals surface area (Å²) in [6.45, 7) is 1.25. The van der Waals surface area contributed by atoms with Crippen LogP contribution in [0.2, 0.25) is 0 Å². The average molecular weight is 555 g/mol. The molecule has 2 aromatic carbocycles. The van der Waals surface area contributed by atoms with Gasteiger partial charge in [-0.25, -0.2) is 22.0 Å². The lowest BCUT2D eigenvalue weighted by Crippen LogP contribution is -2.45. The molecule has 1 aromatic heterocycles. The first-order chi connectivity index (χ1) is 18.1. The molecular formula is C27H27F5N2O3S. The maximum Gasteiger partial charge on any atom is 0.309 e. The van der Waals surface area contributed by atoms with Crippen LogP contribution in [0.25, 0.3) is 10.9 Å². The van der Waals surface area contributed by atoms with Gasteiger partial charge in [0, 0.05) is 35.4 Å². The zero-order valence-electron chi connectivity index (χ0n) is 20.7. The van der Waals surface area contributed by atoms with Gasteiger partial charge in [0.25, 0.3) is 0 Å². The number of alkyl halides is 1. The van der Waals surface area contributed by atoms with Crippen molar-refractivity contribution in [1.29, 1.82) is 0 Å². The van der Waals surface area contributed by atoms with Crippen molar-refractivity contribution in [3.05, 3.63) is 65.4 Å². The number of hydrogen-bond acceptors (Lipinski definition) is 5. The van der Waals surface area contributed by atoms with Gasteiger partial charge < -0.3 is 14.7 Å². The number of carboxylic acids is 1. The summed E-state index contributed by atoms with van der Waals surface area (Å²) < 4.78 is 76.1. The number of carboxylic acid groups (broad SMARTS) is 1. The summed E-state index contributed by atoms with van der Waals surface area (Å²) in [5.74, 6) is -4.00. The van der Waals surface area contributed by atoms with E-state index in [2.05, 4.69) is 4.98 Å². The van der Waals surface area contributed by atoms with Crippen molar-refractivity contribution in [2.75, 3.05) is 32.5 Å². The van der Waals surface area contributed by atoms with Gasteiger partial charge in [-0.3, -0.25) is 9.78 Å². The molecule has 1 N–H and O–H groups in total. The van der Waals surface area contributed by atoms with E-state index in [1.165, 1.54) is 13.2 Å². The second kappa shape index (κ2) is 11.9. The molecule has 0 aliphatic carbocycles. The van der Waals surface area contributed by atoms with E-state index in [0.29, 0.717) is 48.8 Å². The Balaban J connectivity index is 1.37. The highest BCUT2D eigenvalue weighted by atomic mass is 32.2. The number of piperidine rings is 1. The van der Waals surface area contributed by atoms with Gasteiger partial charge in [-0.1, -0.05) is 0 Å². The number of rotatable bonds is 10. The summed E-state index contributed by atoms with van der Waals surface area (Å²) in [5, 5.41) is 10.3. The van der Waals surface area contributed by atoms with Crippen molar-refractivity contribution in [3.63, 3.8) is 0 Å². The van der Waals surface area contributed by atoms with Crippen LogP contribution >= 0.6 is 11.8 Å². The highest BCUT2D eigenvalue weighted by Gasteiger charge is 2.42. The van der Waals surface area contributed by atoms with Crippen LogP contribution in [-0.4, -0.2) is 53.5 Å². The Morgan fingerprint density at radius 2 is 1.82 bits per heavy atom. The molecule has 1 saturated heterocycles. The number of fused-ring (bicyclic) bond motifs is 1. The Kier molecular flexibility index (Phi) is 8.77. The lowest BCUT2D eigenvalue weighted by atomic mass is 9.74. The van der Waals surface area contributed by atoms with E-state index in [4.69, 9.17) is 4.74 Å². The van der Waals surface area contributed by atoms with E-state index < -0.39 is 40.8 Å². The van der Waals surface area contributed by atoms with E-state index in [-0.39, 0.29) is 41.5 Å². The number of likely N-dealkylation sites (tertiary alicyclic amines) is 1. The zero-order valence-corrected chi connectivity index (χ0v) is 21.5. The second-order valence-electron chi connectivity index (χ2n) is 9.38. The van der Waals surface area contributed by atoms with Crippen LogP contribution in [0.1, 0.15) is 37.4 Å². The van der Waals surface area contributed by atoms with Crippen molar-refractivity contribution in [1.82, 2.24) is 9.88 Å². The van der Waals surface area contributed by atoms with Crippen LogP contribution in [-0.2, 0) is 4.79 Å². The number of methoxy groups -OCH3 is 1. The van der Waals surface area contributed by atoms with Gasteiger partial charge >= 0.3 is 5.97 Å². The van der Waals surface area contributed by atoms with E-state index in [1.54, 1.807) is 12.1 Å². The van der Waals surface area contributed by atoms with Crippen molar-refractivity contribution >= 4 is 28.6 Å². The average Bonchev–Trinajstić information content (AvgIpc) is 2.89. The fraction of sp³-hybridized carbons (Fsp3) is 0.407.